The lowest BCUT2D eigenvalue weighted by Crippen LogP contribution is -2.20. The molecule has 0 spiro atoms. The van der Waals surface area contributed by atoms with Crippen LogP contribution in [0.5, 0.6) is 0 Å². The molecule has 1 N–H and O–H groups in total. The van der Waals surface area contributed by atoms with E-state index in [9.17, 15) is 4.79 Å². The summed E-state index contributed by atoms with van der Waals surface area (Å²) in [6.45, 7) is 0.531. The highest BCUT2D eigenvalue weighted by atomic mass is 16.8. The average molecular weight is 162 g/mol. The van der Waals surface area contributed by atoms with Crippen LogP contribution >= 0.6 is 0 Å². The number of rotatable bonds is 2. The third-order valence-corrected chi connectivity index (χ3v) is 1.21. The molecule has 0 aromatic rings. The molecule has 1 saturated heterocycles. The number of aliphatic hydroxyl groups is 1. The Morgan fingerprint density at radius 2 is 2.55 bits per heavy atom. The second-order valence-corrected chi connectivity index (χ2v) is 2.20. The first-order chi connectivity index (χ1) is 5.18. The Morgan fingerprint density at radius 3 is 3.00 bits per heavy atom. The fourth-order valence-corrected chi connectivity index (χ4v) is 0.731. The Labute approximate surface area is 63.9 Å². The summed E-state index contributed by atoms with van der Waals surface area (Å²) in [5.74, 6) is -0.366. The van der Waals surface area contributed by atoms with Crippen molar-refractivity contribution in [1.29, 1.82) is 0 Å². The molecule has 5 heteroatoms. The van der Waals surface area contributed by atoms with Crippen molar-refractivity contribution in [3.8, 4) is 0 Å². The highest BCUT2D eigenvalue weighted by Crippen LogP contribution is 2.08. The quantitative estimate of drug-likeness (QED) is 0.541. The Bertz CT molecular complexity index is 146. The van der Waals surface area contributed by atoms with Crippen LogP contribution < -0.4 is 0 Å². The minimum absolute atomic E-state index is 0.131. The molecule has 2 atom stereocenters. The summed E-state index contributed by atoms with van der Waals surface area (Å²) in [6, 6.07) is 0. The van der Waals surface area contributed by atoms with Crippen molar-refractivity contribution in [2.75, 3.05) is 13.2 Å². The van der Waals surface area contributed by atoms with Gasteiger partial charge in [-0.1, -0.05) is 0 Å². The van der Waals surface area contributed by atoms with E-state index >= 15 is 0 Å². The zero-order valence-corrected chi connectivity index (χ0v) is 6.15. The Morgan fingerprint density at radius 1 is 1.82 bits per heavy atom. The lowest BCUT2D eigenvalue weighted by molar-refractivity contribution is -0.208. The van der Waals surface area contributed by atoms with Gasteiger partial charge in [-0.2, -0.15) is 0 Å². The van der Waals surface area contributed by atoms with E-state index in [4.69, 9.17) is 9.84 Å². The van der Waals surface area contributed by atoms with Gasteiger partial charge in [-0.05, 0) is 0 Å². The first-order valence-corrected chi connectivity index (χ1v) is 3.27. The van der Waals surface area contributed by atoms with Crippen molar-refractivity contribution in [1.82, 2.24) is 0 Å². The first-order valence-electron chi connectivity index (χ1n) is 3.27. The predicted octanol–water partition coefficient (Wildman–Crippen LogP) is -0.759. The molecular formula is C6H10O5. The van der Waals surface area contributed by atoms with Crippen molar-refractivity contribution >= 4 is 5.97 Å². The fourth-order valence-electron chi connectivity index (χ4n) is 0.731. The van der Waals surface area contributed by atoms with Gasteiger partial charge in [0.2, 0.25) is 0 Å². The molecule has 1 rings (SSSR count). The SMILES string of the molecule is CC(=O)OCC1COC(O)O1. The van der Waals surface area contributed by atoms with Gasteiger partial charge in [0.25, 0.3) is 6.48 Å². The standard InChI is InChI=1S/C6H10O5/c1-4(7)9-2-5-3-10-6(8)11-5/h5-6,8H,2-3H2,1H3. The average Bonchev–Trinajstić information content (AvgIpc) is 2.31. The molecule has 0 radical (unpaired) electrons. The third kappa shape index (κ3) is 2.83. The molecule has 0 amide bonds. The molecule has 2 unspecified atom stereocenters. The van der Waals surface area contributed by atoms with Gasteiger partial charge < -0.3 is 19.3 Å². The second kappa shape index (κ2) is 3.66. The van der Waals surface area contributed by atoms with E-state index in [0.29, 0.717) is 0 Å². The molecule has 0 saturated carbocycles. The van der Waals surface area contributed by atoms with E-state index in [1.54, 1.807) is 0 Å². The van der Waals surface area contributed by atoms with Crippen molar-refractivity contribution in [2.45, 2.75) is 19.5 Å². The van der Waals surface area contributed by atoms with Gasteiger partial charge in [0, 0.05) is 6.92 Å². The van der Waals surface area contributed by atoms with E-state index in [1.807, 2.05) is 0 Å². The lowest BCUT2D eigenvalue weighted by Gasteiger charge is -2.06. The van der Waals surface area contributed by atoms with Crippen molar-refractivity contribution in [3.63, 3.8) is 0 Å². The van der Waals surface area contributed by atoms with Crippen LogP contribution in [0.2, 0.25) is 0 Å². The molecule has 0 aliphatic carbocycles. The highest BCUT2D eigenvalue weighted by molar-refractivity contribution is 5.65. The van der Waals surface area contributed by atoms with Crippen LogP contribution in [0.25, 0.3) is 0 Å². The molecular weight excluding hydrogens is 152 g/mol. The molecule has 11 heavy (non-hydrogen) atoms. The van der Waals surface area contributed by atoms with Crippen molar-refractivity contribution < 1.29 is 24.1 Å². The van der Waals surface area contributed by atoms with Crippen LogP contribution in [0, 0.1) is 0 Å². The fraction of sp³-hybridized carbons (Fsp3) is 0.833. The van der Waals surface area contributed by atoms with Crippen molar-refractivity contribution in [2.24, 2.45) is 0 Å². The monoisotopic (exact) mass is 162 g/mol. The summed E-state index contributed by atoms with van der Waals surface area (Å²) in [7, 11) is 0. The second-order valence-electron chi connectivity index (χ2n) is 2.20. The van der Waals surface area contributed by atoms with E-state index in [2.05, 4.69) is 9.47 Å². The number of esters is 1. The predicted molar refractivity (Wildman–Crippen MR) is 33.5 cm³/mol. The molecule has 5 nitrogen and oxygen atoms in total. The summed E-state index contributed by atoms with van der Waals surface area (Å²) in [6.07, 6.45) is -0.339. The summed E-state index contributed by atoms with van der Waals surface area (Å²) in [5.41, 5.74) is 0. The summed E-state index contributed by atoms with van der Waals surface area (Å²) in [5, 5.41) is 8.68. The van der Waals surface area contributed by atoms with Crippen molar-refractivity contribution in [3.05, 3.63) is 0 Å². The maximum absolute atomic E-state index is 10.3. The maximum Gasteiger partial charge on any atom is 0.302 e. The minimum Gasteiger partial charge on any atom is -0.463 e. The van der Waals surface area contributed by atoms with E-state index < -0.39 is 6.48 Å². The molecule has 1 aliphatic rings. The number of aliphatic hydroxyl groups excluding tert-OH is 1. The molecule has 1 fully saturated rings. The smallest absolute Gasteiger partial charge is 0.302 e. The minimum atomic E-state index is -1.17. The van der Waals surface area contributed by atoms with E-state index in [0.717, 1.165) is 0 Å². The number of carbonyl (C=O) groups is 1. The zero-order chi connectivity index (χ0) is 8.27. The van der Waals surface area contributed by atoms with E-state index in [-0.39, 0.29) is 25.3 Å². The van der Waals surface area contributed by atoms with Gasteiger partial charge >= 0.3 is 5.97 Å². The van der Waals surface area contributed by atoms with Gasteiger partial charge in [0.15, 0.2) is 0 Å². The Kier molecular flexibility index (Phi) is 2.81. The van der Waals surface area contributed by atoms with Crippen LogP contribution in [0.15, 0.2) is 0 Å². The number of hydrogen-bond acceptors (Lipinski definition) is 5. The Balaban J connectivity index is 2.13. The summed E-state index contributed by atoms with van der Waals surface area (Å²) in [4.78, 5) is 10.3. The van der Waals surface area contributed by atoms with Gasteiger partial charge in [-0.3, -0.25) is 4.79 Å². The lowest BCUT2D eigenvalue weighted by atomic mass is 10.4. The van der Waals surface area contributed by atoms with Gasteiger partial charge in [-0.15, -0.1) is 0 Å². The zero-order valence-electron chi connectivity index (χ0n) is 6.15. The van der Waals surface area contributed by atoms with Crippen LogP contribution in [0.3, 0.4) is 0 Å². The van der Waals surface area contributed by atoms with Crippen LogP contribution in [-0.2, 0) is 19.0 Å². The number of ether oxygens (including phenoxy) is 3. The van der Waals surface area contributed by atoms with Gasteiger partial charge in [0.1, 0.15) is 12.7 Å². The maximum atomic E-state index is 10.3. The molecule has 1 heterocycles. The molecule has 64 valence electrons. The molecule has 0 aromatic carbocycles. The third-order valence-electron chi connectivity index (χ3n) is 1.21. The summed E-state index contributed by atoms with van der Waals surface area (Å²) >= 11 is 0. The van der Waals surface area contributed by atoms with E-state index in [1.165, 1.54) is 6.92 Å². The Hall–Kier alpha value is -0.650. The topological polar surface area (TPSA) is 65.0 Å². The number of carbonyl (C=O) groups excluding carboxylic acids is 1. The highest BCUT2D eigenvalue weighted by Gasteiger charge is 2.24. The first kappa shape index (κ1) is 8.45. The van der Waals surface area contributed by atoms with Gasteiger partial charge in [0.05, 0.1) is 6.61 Å². The van der Waals surface area contributed by atoms with Crippen LogP contribution in [-0.4, -0.2) is 36.9 Å². The molecule has 0 bridgehead atoms. The summed E-state index contributed by atoms with van der Waals surface area (Å²) < 4.78 is 14.0. The van der Waals surface area contributed by atoms with Crippen LogP contribution in [0.1, 0.15) is 6.92 Å². The molecule has 1 aliphatic heterocycles. The normalized spacial score (nSPS) is 30.4. The van der Waals surface area contributed by atoms with Crippen LogP contribution in [0.4, 0.5) is 0 Å². The van der Waals surface area contributed by atoms with Gasteiger partial charge in [-0.25, -0.2) is 0 Å². The number of hydrogen-bond donors (Lipinski definition) is 1. The largest absolute Gasteiger partial charge is 0.463 e. The molecule has 0 aromatic heterocycles.